The molecular weight excluding hydrogens is 382 g/mol. The number of amides is 1. The highest BCUT2D eigenvalue weighted by atomic mass is 16.5. The normalized spacial score (nSPS) is 18.4. The number of carbonyl (C=O) groups is 1. The van der Waals surface area contributed by atoms with Crippen molar-refractivity contribution in [3.05, 3.63) is 70.2 Å². The minimum atomic E-state index is -0.667. The van der Waals surface area contributed by atoms with Gasteiger partial charge in [0.15, 0.2) is 5.58 Å². The van der Waals surface area contributed by atoms with Crippen LogP contribution in [0.3, 0.4) is 0 Å². The first-order valence-electron chi connectivity index (χ1n) is 10.3. The van der Waals surface area contributed by atoms with Crippen LogP contribution in [-0.4, -0.2) is 41.2 Å². The average Bonchev–Trinajstić information content (AvgIpc) is 3.07. The lowest BCUT2D eigenvalue weighted by atomic mass is 10.1. The van der Waals surface area contributed by atoms with E-state index in [2.05, 4.69) is 29.3 Å². The number of benzene rings is 2. The Balaban J connectivity index is 1.40. The maximum Gasteiger partial charge on any atom is 0.420 e. The maximum atomic E-state index is 12.7. The van der Waals surface area contributed by atoms with E-state index in [0.717, 1.165) is 31.8 Å². The summed E-state index contributed by atoms with van der Waals surface area (Å²) < 4.78 is 12.2. The van der Waals surface area contributed by atoms with Crippen LogP contribution in [0.25, 0.3) is 11.1 Å². The maximum absolute atomic E-state index is 12.7. The molecule has 158 valence electrons. The van der Waals surface area contributed by atoms with Crippen molar-refractivity contribution in [3.8, 4) is 0 Å². The zero-order valence-electron chi connectivity index (χ0n) is 17.3. The van der Waals surface area contributed by atoms with E-state index >= 15 is 0 Å². The van der Waals surface area contributed by atoms with Gasteiger partial charge in [0.05, 0.1) is 18.2 Å². The Morgan fingerprint density at radius 3 is 2.83 bits per heavy atom. The first-order chi connectivity index (χ1) is 14.5. The number of hydrogen-bond donors (Lipinski definition) is 1. The fourth-order valence-electron chi connectivity index (χ4n) is 3.94. The number of fused-ring (bicyclic) bond motifs is 1. The van der Waals surface area contributed by atoms with Crippen LogP contribution in [0.4, 0.5) is 0 Å². The molecule has 2 unspecified atom stereocenters. The van der Waals surface area contributed by atoms with E-state index in [-0.39, 0.29) is 12.0 Å². The fourth-order valence-corrected chi connectivity index (χ4v) is 3.94. The van der Waals surface area contributed by atoms with E-state index in [4.69, 9.17) is 9.15 Å². The largest absolute Gasteiger partial charge is 0.420 e. The number of carbonyl (C=O) groups excluding carboxylic acids is 1. The lowest BCUT2D eigenvalue weighted by molar-refractivity contribution is -0.124. The Morgan fingerprint density at radius 1 is 1.20 bits per heavy atom. The predicted molar refractivity (Wildman–Crippen MR) is 114 cm³/mol. The van der Waals surface area contributed by atoms with Crippen molar-refractivity contribution in [1.82, 2.24) is 14.8 Å². The smallest absolute Gasteiger partial charge is 0.408 e. The van der Waals surface area contributed by atoms with Crippen molar-refractivity contribution in [2.75, 3.05) is 19.7 Å². The molecule has 2 heterocycles. The number of hydrogen-bond acceptors (Lipinski definition) is 5. The summed E-state index contributed by atoms with van der Waals surface area (Å²) in [5.74, 6) is -0.753. The summed E-state index contributed by atoms with van der Waals surface area (Å²) in [6.07, 6.45) is 0.255. The van der Waals surface area contributed by atoms with Gasteiger partial charge in [-0.3, -0.25) is 14.3 Å². The van der Waals surface area contributed by atoms with Gasteiger partial charge in [-0.15, -0.1) is 0 Å². The molecule has 1 fully saturated rings. The van der Waals surface area contributed by atoms with Crippen molar-refractivity contribution in [1.29, 1.82) is 0 Å². The van der Waals surface area contributed by atoms with Crippen LogP contribution in [0.5, 0.6) is 0 Å². The fraction of sp³-hybridized carbons (Fsp3) is 0.391. The molecule has 2 aromatic carbocycles. The van der Waals surface area contributed by atoms with Gasteiger partial charge in [-0.2, -0.15) is 0 Å². The van der Waals surface area contributed by atoms with Gasteiger partial charge in [-0.25, -0.2) is 4.79 Å². The first-order valence-corrected chi connectivity index (χ1v) is 10.3. The average molecular weight is 409 g/mol. The Morgan fingerprint density at radius 2 is 2.00 bits per heavy atom. The van der Waals surface area contributed by atoms with Gasteiger partial charge < -0.3 is 14.5 Å². The Kier molecular flexibility index (Phi) is 6.01. The minimum absolute atomic E-state index is 0.226. The lowest BCUT2D eigenvalue weighted by Gasteiger charge is -2.31. The van der Waals surface area contributed by atoms with Crippen LogP contribution in [0.2, 0.25) is 0 Å². The summed E-state index contributed by atoms with van der Waals surface area (Å²) in [5, 5.41) is 2.94. The molecule has 3 aromatic rings. The number of para-hydroxylation sites is 2. The van der Waals surface area contributed by atoms with E-state index in [1.807, 2.05) is 18.2 Å². The molecule has 1 aliphatic heterocycles. The van der Waals surface area contributed by atoms with Crippen LogP contribution in [0.1, 0.15) is 31.0 Å². The second-order valence-electron chi connectivity index (χ2n) is 7.84. The molecule has 4 rings (SSSR count). The third-order valence-corrected chi connectivity index (χ3v) is 5.48. The van der Waals surface area contributed by atoms with E-state index in [1.165, 1.54) is 10.1 Å². The molecule has 7 nitrogen and oxygen atoms in total. The van der Waals surface area contributed by atoms with Crippen molar-refractivity contribution in [2.45, 2.75) is 39.1 Å². The van der Waals surface area contributed by atoms with Crippen molar-refractivity contribution >= 4 is 17.0 Å². The van der Waals surface area contributed by atoms with Crippen molar-refractivity contribution in [3.63, 3.8) is 0 Å². The topological polar surface area (TPSA) is 76.7 Å². The molecule has 1 aromatic heterocycles. The van der Waals surface area contributed by atoms with Gasteiger partial charge >= 0.3 is 5.76 Å². The third kappa shape index (κ3) is 4.47. The molecule has 1 saturated heterocycles. The van der Waals surface area contributed by atoms with E-state index in [0.29, 0.717) is 17.6 Å². The zero-order valence-corrected chi connectivity index (χ0v) is 17.3. The van der Waals surface area contributed by atoms with Crippen LogP contribution in [0.15, 0.2) is 57.7 Å². The Hall–Kier alpha value is -2.90. The molecule has 1 amide bonds. The number of ether oxygens (including phenoxy) is 1. The molecular formula is C23H27N3O4. The van der Waals surface area contributed by atoms with Crippen molar-refractivity contribution < 1.29 is 13.9 Å². The van der Waals surface area contributed by atoms with Crippen molar-refractivity contribution in [2.24, 2.45) is 0 Å². The van der Waals surface area contributed by atoms with Gasteiger partial charge in [0.2, 0.25) is 5.91 Å². The van der Waals surface area contributed by atoms with E-state index in [1.54, 1.807) is 25.1 Å². The Bertz CT molecular complexity index is 1090. The molecule has 1 aliphatic rings. The molecule has 7 heteroatoms. The standard InChI is InChI=1S/C23H27N3O4/c1-16-14-25(10-11-29-16)15-19-7-5-6-18(12-19)13-24-22(27)17(2)26-20-8-3-4-9-21(20)30-23(26)28/h3-9,12,16-17H,10-11,13-15H2,1-2H3,(H,24,27). The van der Waals surface area contributed by atoms with Gasteiger partial charge in [0.1, 0.15) is 6.04 Å². The summed E-state index contributed by atoms with van der Waals surface area (Å²) in [7, 11) is 0. The number of oxazole rings is 1. The van der Waals surface area contributed by atoms with Gasteiger partial charge in [0, 0.05) is 26.2 Å². The highest BCUT2D eigenvalue weighted by Gasteiger charge is 2.21. The van der Waals surface area contributed by atoms with Gasteiger partial charge in [0.25, 0.3) is 0 Å². The number of morpholine rings is 1. The zero-order chi connectivity index (χ0) is 21.1. The lowest BCUT2D eigenvalue weighted by Crippen LogP contribution is -2.40. The number of nitrogens with one attached hydrogen (secondary N) is 1. The van der Waals surface area contributed by atoms with Gasteiger partial charge in [-0.1, -0.05) is 36.4 Å². The quantitative estimate of drug-likeness (QED) is 0.677. The summed E-state index contributed by atoms with van der Waals surface area (Å²) in [5.41, 5.74) is 3.33. The Labute approximate surface area is 175 Å². The molecule has 0 spiro atoms. The summed E-state index contributed by atoms with van der Waals surface area (Å²) in [6, 6.07) is 14.7. The summed E-state index contributed by atoms with van der Waals surface area (Å²) in [4.78, 5) is 27.3. The first kappa shape index (κ1) is 20.4. The molecule has 30 heavy (non-hydrogen) atoms. The molecule has 1 N–H and O–H groups in total. The predicted octanol–water partition coefficient (Wildman–Crippen LogP) is 2.69. The number of nitrogens with zero attached hydrogens (tertiary/aromatic N) is 2. The van der Waals surface area contributed by atoms with Crippen LogP contribution in [0, 0.1) is 0 Å². The number of aromatic nitrogens is 1. The number of rotatable bonds is 6. The van der Waals surface area contributed by atoms with E-state index < -0.39 is 11.8 Å². The molecule has 0 radical (unpaired) electrons. The molecule has 0 bridgehead atoms. The van der Waals surface area contributed by atoms with Crippen LogP contribution in [-0.2, 0) is 22.6 Å². The van der Waals surface area contributed by atoms with Crippen LogP contribution < -0.4 is 11.1 Å². The minimum Gasteiger partial charge on any atom is -0.408 e. The van der Waals surface area contributed by atoms with Gasteiger partial charge in [-0.05, 0) is 37.1 Å². The molecule has 0 aliphatic carbocycles. The summed E-state index contributed by atoms with van der Waals surface area (Å²) in [6.45, 7) is 7.67. The summed E-state index contributed by atoms with van der Waals surface area (Å²) >= 11 is 0. The second kappa shape index (κ2) is 8.85. The SMILES string of the molecule is CC1CN(Cc2cccc(CNC(=O)C(C)n3c(=O)oc4ccccc43)c2)CCO1. The second-order valence-corrected chi connectivity index (χ2v) is 7.84. The highest BCUT2D eigenvalue weighted by molar-refractivity contribution is 5.82. The monoisotopic (exact) mass is 409 g/mol. The van der Waals surface area contributed by atoms with Crippen LogP contribution >= 0.6 is 0 Å². The highest BCUT2D eigenvalue weighted by Crippen LogP contribution is 2.17. The molecule has 2 atom stereocenters. The third-order valence-electron chi connectivity index (χ3n) is 5.48. The molecule has 0 saturated carbocycles. The van der Waals surface area contributed by atoms with E-state index in [9.17, 15) is 9.59 Å².